The van der Waals surface area contributed by atoms with Gasteiger partial charge in [0.2, 0.25) is 0 Å². The van der Waals surface area contributed by atoms with E-state index < -0.39 is 11.6 Å². The molecule has 1 aliphatic rings. The van der Waals surface area contributed by atoms with E-state index in [2.05, 4.69) is 10.1 Å². The maximum absolute atomic E-state index is 11.2. The Kier molecular flexibility index (Phi) is 4.70. The number of aliphatic hydroxyl groups is 2. The summed E-state index contributed by atoms with van der Waals surface area (Å²) < 4.78 is 4.49. The smallest absolute Gasteiger partial charge is 0.338 e. The average Bonchev–Trinajstić information content (AvgIpc) is 2.62. The normalized spacial score (nSPS) is 28.8. The molecule has 3 atom stereocenters. The van der Waals surface area contributed by atoms with Gasteiger partial charge in [0.25, 0.3) is 0 Å². The molecular weight excluding hydrogens is 210 g/mol. The van der Waals surface area contributed by atoms with E-state index in [9.17, 15) is 15.0 Å². The molecule has 0 heterocycles. The summed E-state index contributed by atoms with van der Waals surface area (Å²) in [4.78, 5) is 11.2. The van der Waals surface area contributed by atoms with E-state index in [1.807, 2.05) is 0 Å². The molecule has 0 radical (unpaired) electrons. The first kappa shape index (κ1) is 13.4. The molecule has 0 spiro atoms. The number of rotatable bonds is 5. The summed E-state index contributed by atoms with van der Waals surface area (Å²) in [7, 11) is 1.25. The summed E-state index contributed by atoms with van der Waals surface area (Å²) in [6.07, 6.45) is 2.45. The van der Waals surface area contributed by atoms with Gasteiger partial charge < -0.3 is 20.3 Å². The minimum atomic E-state index is -1.48. The second-order valence-electron chi connectivity index (χ2n) is 4.73. The van der Waals surface area contributed by atoms with Crippen molar-refractivity contribution in [1.82, 2.24) is 5.32 Å². The van der Waals surface area contributed by atoms with Crippen molar-refractivity contribution in [2.24, 2.45) is 5.92 Å². The molecule has 3 N–H and O–H groups in total. The van der Waals surface area contributed by atoms with E-state index in [1.165, 1.54) is 14.0 Å². The van der Waals surface area contributed by atoms with Crippen LogP contribution in [0.4, 0.5) is 0 Å². The zero-order valence-electron chi connectivity index (χ0n) is 9.90. The molecule has 94 valence electrons. The van der Waals surface area contributed by atoms with Crippen LogP contribution >= 0.6 is 0 Å². The summed E-state index contributed by atoms with van der Waals surface area (Å²) >= 11 is 0. The van der Waals surface area contributed by atoms with Crippen LogP contribution in [0.15, 0.2) is 0 Å². The van der Waals surface area contributed by atoms with Gasteiger partial charge in [0, 0.05) is 6.54 Å². The third-order valence-electron chi connectivity index (χ3n) is 3.04. The van der Waals surface area contributed by atoms with Crippen molar-refractivity contribution in [3.8, 4) is 0 Å². The molecule has 5 nitrogen and oxygen atoms in total. The van der Waals surface area contributed by atoms with Gasteiger partial charge in [-0.2, -0.15) is 0 Å². The SMILES string of the molecule is COC(=O)C(C)(O)CNCC1CCC(O)C1. The summed E-state index contributed by atoms with van der Waals surface area (Å²) in [6, 6.07) is 0. The fourth-order valence-corrected chi connectivity index (χ4v) is 2.05. The minimum absolute atomic E-state index is 0.173. The quantitative estimate of drug-likeness (QED) is 0.564. The number of carbonyl (C=O) groups excluding carboxylic acids is 1. The topological polar surface area (TPSA) is 78.8 Å². The van der Waals surface area contributed by atoms with E-state index >= 15 is 0 Å². The summed E-state index contributed by atoms with van der Waals surface area (Å²) in [5.74, 6) is -0.199. The van der Waals surface area contributed by atoms with Gasteiger partial charge in [0.05, 0.1) is 13.2 Å². The maximum atomic E-state index is 11.2. The third kappa shape index (κ3) is 3.73. The van der Waals surface area contributed by atoms with Gasteiger partial charge in [-0.05, 0) is 38.6 Å². The van der Waals surface area contributed by atoms with Gasteiger partial charge in [-0.25, -0.2) is 4.79 Å². The molecule has 5 heteroatoms. The number of hydrogen-bond acceptors (Lipinski definition) is 5. The molecule has 1 aliphatic carbocycles. The van der Waals surface area contributed by atoms with Crippen LogP contribution in [0.1, 0.15) is 26.2 Å². The number of hydrogen-bond donors (Lipinski definition) is 3. The largest absolute Gasteiger partial charge is 0.467 e. The lowest BCUT2D eigenvalue weighted by molar-refractivity contribution is -0.159. The Morgan fingerprint density at radius 3 is 2.75 bits per heavy atom. The van der Waals surface area contributed by atoms with Crippen LogP contribution in [-0.2, 0) is 9.53 Å². The molecule has 0 aromatic heterocycles. The predicted molar refractivity (Wildman–Crippen MR) is 58.9 cm³/mol. The third-order valence-corrected chi connectivity index (χ3v) is 3.04. The highest BCUT2D eigenvalue weighted by atomic mass is 16.5. The number of methoxy groups -OCH3 is 1. The zero-order valence-corrected chi connectivity index (χ0v) is 9.90. The number of esters is 1. The van der Waals surface area contributed by atoms with Crippen LogP contribution in [0.5, 0.6) is 0 Å². The molecule has 1 rings (SSSR count). The van der Waals surface area contributed by atoms with E-state index in [0.29, 0.717) is 12.5 Å². The highest BCUT2D eigenvalue weighted by Gasteiger charge is 2.31. The highest BCUT2D eigenvalue weighted by Crippen LogP contribution is 2.24. The molecule has 1 fully saturated rings. The van der Waals surface area contributed by atoms with E-state index in [4.69, 9.17) is 0 Å². The first-order chi connectivity index (χ1) is 7.45. The Morgan fingerprint density at radius 1 is 1.56 bits per heavy atom. The Hall–Kier alpha value is -0.650. The first-order valence-corrected chi connectivity index (χ1v) is 5.65. The van der Waals surface area contributed by atoms with Gasteiger partial charge in [-0.3, -0.25) is 0 Å². The lowest BCUT2D eigenvalue weighted by atomic mass is 10.1. The Balaban J connectivity index is 2.22. The van der Waals surface area contributed by atoms with E-state index in [1.54, 1.807) is 0 Å². The van der Waals surface area contributed by atoms with Gasteiger partial charge >= 0.3 is 5.97 Å². The minimum Gasteiger partial charge on any atom is -0.467 e. The Labute approximate surface area is 95.8 Å². The maximum Gasteiger partial charge on any atom is 0.338 e. The molecule has 0 aliphatic heterocycles. The van der Waals surface area contributed by atoms with Crippen molar-refractivity contribution in [2.75, 3.05) is 20.2 Å². The Morgan fingerprint density at radius 2 is 2.25 bits per heavy atom. The van der Waals surface area contributed by atoms with Crippen LogP contribution < -0.4 is 5.32 Å². The standard InChI is InChI=1S/C11H21NO4/c1-11(15,10(14)16-2)7-12-6-8-3-4-9(13)5-8/h8-9,12-13,15H,3-7H2,1-2H3. The second-order valence-corrected chi connectivity index (χ2v) is 4.73. The predicted octanol–water partition coefficient (Wildman–Crippen LogP) is -0.339. The summed E-state index contributed by atoms with van der Waals surface area (Å²) in [6.45, 7) is 2.31. The first-order valence-electron chi connectivity index (χ1n) is 5.65. The fraction of sp³-hybridized carbons (Fsp3) is 0.909. The molecule has 0 aromatic rings. The van der Waals surface area contributed by atoms with E-state index in [0.717, 1.165) is 19.3 Å². The van der Waals surface area contributed by atoms with Crippen molar-refractivity contribution in [2.45, 2.75) is 37.9 Å². The van der Waals surface area contributed by atoms with Crippen molar-refractivity contribution in [3.05, 3.63) is 0 Å². The Bertz CT molecular complexity index is 242. The van der Waals surface area contributed by atoms with Crippen molar-refractivity contribution in [3.63, 3.8) is 0 Å². The zero-order chi connectivity index (χ0) is 12.2. The van der Waals surface area contributed by atoms with Gasteiger partial charge in [0.15, 0.2) is 5.60 Å². The second kappa shape index (κ2) is 5.61. The number of carbonyl (C=O) groups is 1. The van der Waals surface area contributed by atoms with Crippen LogP contribution in [0.2, 0.25) is 0 Å². The van der Waals surface area contributed by atoms with Gasteiger partial charge in [-0.15, -0.1) is 0 Å². The van der Waals surface area contributed by atoms with Crippen molar-refractivity contribution < 1.29 is 19.7 Å². The van der Waals surface area contributed by atoms with Crippen LogP contribution in [-0.4, -0.2) is 48.1 Å². The molecule has 0 aromatic carbocycles. The molecule has 1 saturated carbocycles. The van der Waals surface area contributed by atoms with Crippen LogP contribution in [0.3, 0.4) is 0 Å². The van der Waals surface area contributed by atoms with Crippen LogP contribution in [0, 0.1) is 5.92 Å². The number of aliphatic hydroxyl groups excluding tert-OH is 1. The van der Waals surface area contributed by atoms with Crippen molar-refractivity contribution in [1.29, 1.82) is 0 Å². The number of nitrogens with one attached hydrogen (secondary N) is 1. The van der Waals surface area contributed by atoms with E-state index in [-0.39, 0.29) is 12.6 Å². The summed E-state index contributed by atoms with van der Waals surface area (Å²) in [5.41, 5.74) is -1.48. The fourth-order valence-electron chi connectivity index (χ4n) is 2.05. The number of ether oxygens (including phenoxy) is 1. The average molecular weight is 231 g/mol. The molecule has 0 bridgehead atoms. The molecule has 3 unspecified atom stereocenters. The monoisotopic (exact) mass is 231 g/mol. The highest BCUT2D eigenvalue weighted by molar-refractivity contribution is 5.78. The molecular formula is C11H21NO4. The summed E-state index contributed by atoms with van der Waals surface area (Å²) in [5, 5.41) is 22.1. The lowest BCUT2D eigenvalue weighted by Crippen LogP contribution is -2.46. The lowest BCUT2D eigenvalue weighted by Gasteiger charge is -2.21. The van der Waals surface area contributed by atoms with Crippen molar-refractivity contribution >= 4 is 5.97 Å². The van der Waals surface area contributed by atoms with Gasteiger partial charge in [0.1, 0.15) is 0 Å². The molecule has 16 heavy (non-hydrogen) atoms. The van der Waals surface area contributed by atoms with Gasteiger partial charge in [-0.1, -0.05) is 0 Å². The molecule has 0 amide bonds. The molecule has 0 saturated heterocycles. The van der Waals surface area contributed by atoms with Crippen LogP contribution in [0.25, 0.3) is 0 Å².